The number of carbonyl (C=O) groups excluding carboxylic acids is 2. The number of rotatable bonds is 3. The van der Waals surface area contributed by atoms with E-state index in [0.717, 1.165) is 10.2 Å². The summed E-state index contributed by atoms with van der Waals surface area (Å²) in [6, 6.07) is 12.8. The van der Waals surface area contributed by atoms with Gasteiger partial charge in [0.05, 0.1) is 5.92 Å². The Bertz CT molecular complexity index is 928. The van der Waals surface area contributed by atoms with Crippen LogP contribution in [-0.4, -0.2) is 24.1 Å². The maximum Gasteiger partial charge on any atom is 0.246 e. The third-order valence-electron chi connectivity index (χ3n) is 4.54. The standard InChI is InChI=1S/C20H19BrN2O4/c1-20(2)26-16-7-6-14(10-17(16)27-20)22-19(25)12-8-18(24)23(11-12)15-5-3-4-13(21)9-15/h3-7,9-10,12H,8,11H2,1-2H3,(H,22,25). The Morgan fingerprint density at radius 2 is 1.96 bits per heavy atom. The van der Waals surface area contributed by atoms with Gasteiger partial charge in [-0.1, -0.05) is 22.0 Å². The van der Waals surface area contributed by atoms with Crippen LogP contribution in [0.3, 0.4) is 0 Å². The largest absolute Gasteiger partial charge is 0.449 e. The van der Waals surface area contributed by atoms with Crippen molar-refractivity contribution in [2.24, 2.45) is 5.92 Å². The maximum atomic E-state index is 12.7. The summed E-state index contributed by atoms with van der Waals surface area (Å²) in [5.41, 5.74) is 1.41. The fourth-order valence-electron chi connectivity index (χ4n) is 3.32. The summed E-state index contributed by atoms with van der Waals surface area (Å²) >= 11 is 3.41. The van der Waals surface area contributed by atoms with Crippen molar-refractivity contribution in [2.75, 3.05) is 16.8 Å². The van der Waals surface area contributed by atoms with Gasteiger partial charge in [0.2, 0.25) is 17.6 Å². The average molecular weight is 431 g/mol. The van der Waals surface area contributed by atoms with Crippen LogP contribution in [0.5, 0.6) is 11.5 Å². The van der Waals surface area contributed by atoms with Gasteiger partial charge in [0.25, 0.3) is 0 Å². The molecule has 1 saturated heterocycles. The van der Waals surface area contributed by atoms with Crippen molar-refractivity contribution in [2.45, 2.75) is 26.1 Å². The number of carbonyl (C=O) groups is 2. The third kappa shape index (κ3) is 3.64. The Labute approximate surface area is 165 Å². The number of nitrogens with one attached hydrogen (secondary N) is 1. The average Bonchev–Trinajstić information content (AvgIpc) is 3.12. The summed E-state index contributed by atoms with van der Waals surface area (Å²) in [6.07, 6.45) is 0.190. The van der Waals surface area contributed by atoms with E-state index in [4.69, 9.17) is 9.47 Å². The highest BCUT2D eigenvalue weighted by Crippen LogP contribution is 2.40. The Morgan fingerprint density at radius 1 is 1.19 bits per heavy atom. The summed E-state index contributed by atoms with van der Waals surface area (Å²) in [5, 5.41) is 2.88. The van der Waals surface area contributed by atoms with Crippen molar-refractivity contribution in [3.05, 3.63) is 46.9 Å². The number of hydrogen-bond donors (Lipinski definition) is 1. The van der Waals surface area contributed by atoms with Crippen LogP contribution in [0, 0.1) is 5.92 Å². The molecule has 2 aromatic rings. The molecule has 0 aliphatic carbocycles. The van der Waals surface area contributed by atoms with Gasteiger partial charge in [0.1, 0.15) is 0 Å². The summed E-state index contributed by atoms with van der Waals surface area (Å²) in [6.45, 7) is 4.01. The van der Waals surface area contributed by atoms with Crippen LogP contribution in [0.2, 0.25) is 0 Å². The lowest BCUT2D eigenvalue weighted by Gasteiger charge is -2.17. The van der Waals surface area contributed by atoms with E-state index in [1.165, 1.54) is 0 Å². The van der Waals surface area contributed by atoms with Crippen molar-refractivity contribution in [1.82, 2.24) is 0 Å². The molecular weight excluding hydrogens is 412 g/mol. The van der Waals surface area contributed by atoms with Gasteiger partial charge in [-0.2, -0.15) is 0 Å². The van der Waals surface area contributed by atoms with Gasteiger partial charge < -0.3 is 19.7 Å². The summed E-state index contributed by atoms with van der Waals surface area (Å²) in [7, 11) is 0. The first kappa shape index (κ1) is 17.9. The molecule has 2 aromatic carbocycles. The minimum absolute atomic E-state index is 0.0549. The Kier molecular flexibility index (Phi) is 4.34. The molecule has 0 saturated carbocycles. The third-order valence-corrected chi connectivity index (χ3v) is 5.03. The van der Waals surface area contributed by atoms with E-state index in [2.05, 4.69) is 21.2 Å². The molecule has 7 heteroatoms. The van der Waals surface area contributed by atoms with E-state index in [1.807, 2.05) is 38.1 Å². The highest BCUT2D eigenvalue weighted by molar-refractivity contribution is 9.10. The second-order valence-corrected chi connectivity index (χ2v) is 8.06. The molecule has 2 amide bonds. The van der Waals surface area contributed by atoms with Crippen LogP contribution in [0.4, 0.5) is 11.4 Å². The SMILES string of the molecule is CC1(C)Oc2ccc(NC(=O)C3CC(=O)N(c4cccc(Br)c4)C3)cc2O1. The van der Waals surface area contributed by atoms with Crippen molar-refractivity contribution < 1.29 is 19.1 Å². The number of fused-ring (bicyclic) bond motifs is 1. The molecule has 0 spiro atoms. The Morgan fingerprint density at radius 3 is 2.74 bits per heavy atom. The Balaban J connectivity index is 1.45. The minimum atomic E-state index is -0.715. The molecule has 1 unspecified atom stereocenters. The predicted octanol–water partition coefficient (Wildman–Crippen LogP) is 3.95. The molecule has 1 N–H and O–H groups in total. The zero-order valence-corrected chi connectivity index (χ0v) is 16.6. The molecule has 6 nitrogen and oxygen atoms in total. The molecule has 140 valence electrons. The van der Waals surface area contributed by atoms with Crippen molar-refractivity contribution in [3.63, 3.8) is 0 Å². The van der Waals surface area contributed by atoms with Crippen LogP contribution in [0.1, 0.15) is 20.3 Å². The van der Waals surface area contributed by atoms with Crippen molar-refractivity contribution in [1.29, 1.82) is 0 Å². The molecule has 4 rings (SSSR count). The van der Waals surface area contributed by atoms with E-state index in [0.29, 0.717) is 23.7 Å². The quantitative estimate of drug-likeness (QED) is 0.800. The molecule has 27 heavy (non-hydrogen) atoms. The van der Waals surface area contributed by atoms with E-state index in [9.17, 15) is 9.59 Å². The lowest BCUT2D eigenvalue weighted by molar-refractivity contribution is -0.122. The van der Waals surface area contributed by atoms with Gasteiger partial charge in [-0.15, -0.1) is 0 Å². The topological polar surface area (TPSA) is 67.9 Å². The van der Waals surface area contributed by atoms with Gasteiger partial charge >= 0.3 is 0 Å². The van der Waals surface area contributed by atoms with E-state index in [1.54, 1.807) is 23.1 Å². The number of hydrogen-bond acceptors (Lipinski definition) is 4. The zero-order chi connectivity index (χ0) is 19.2. The maximum absolute atomic E-state index is 12.7. The Hall–Kier alpha value is -2.54. The highest BCUT2D eigenvalue weighted by atomic mass is 79.9. The first-order chi connectivity index (χ1) is 12.8. The van der Waals surface area contributed by atoms with Crippen molar-refractivity contribution in [3.8, 4) is 11.5 Å². The molecule has 2 aliphatic rings. The lowest BCUT2D eigenvalue weighted by atomic mass is 10.1. The molecular formula is C20H19BrN2O4. The fraction of sp³-hybridized carbons (Fsp3) is 0.300. The smallest absolute Gasteiger partial charge is 0.246 e. The molecule has 1 atom stereocenters. The lowest BCUT2D eigenvalue weighted by Crippen LogP contribution is -2.29. The van der Waals surface area contributed by atoms with Crippen LogP contribution in [0.25, 0.3) is 0 Å². The highest BCUT2D eigenvalue weighted by Gasteiger charge is 2.36. The zero-order valence-electron chi connectivity index (χ0n) is 15.0. The fourth-order valence-corrected chi connectivity index (χ4v) is 3.71. The van der Waals surface area contributed by atoms with E-state index < -0.39 is 11.7 Å². The first-order valence-corrected chi connectivity index (χ1v) is 9.49. The predicted molar refractivity (Wildman–Crippen MR) is 105 cm³/mol. The molecule has 0 radical (unpaired) electrons. The van der Waals surface area contributed by atoms with Gasteiger partial charge in [-0.3, -0.25) is 9.59 Å². The number of ether oxygens (including phenoxy) is 2. The van der Waals surface area contributed by atoms with Crippen LogP contribution in [-0.2, 0) is 9.59 Å². The molecule has 2 heterocycles. The van der Waals surface area contributed by atoms with Gasteiger partial charge in [-0.05, 0) is 30.3 Å². The van der Waals surface area contributed by atoms with Crippen LogP contribution in [0.15, 0.2) is 46.9 Å². The number of nitrogens with zero attached hydrogens (tertiary/aromatic N) is 1. The summed E-state index contributed by atoms with van der Waals surface area (Å²) in [4.78, 5) is 26.7. The molecule has 0 aromatic heterocycles. The van der Waals surface area contributed by atoms with Gasteiger partial charge in [0.15, 0.2) is 11.5 Å². The van der Waals surface area contributed by atoms with Crippen LogP contribution < -0.4 is 19.7 Å². The van der Waals surface area contributed by atoms with E-state index >= 15 is 0 Å². The van der Waals surface area contributed by atoms with Gasteiger partial charge in [-0.25, -0.2) is 0 Å². The molecule has 1 fully saturated rings. The molecule has 0 bridgehead atoms. The summed E-state index contributed by atoms with van der Waals surface area (Å²) < 4.78 is 12.2. The van der Waals surface area contributed by atoms with Crippen LogP contribution >= 0.6 is 15.9 Å². The monoisotopic (exact) mass is 430 g/mol. The molecule has 2 aliphatic heterocycles. The van der Waals surface area contributed by atoms with Gasteiger partial charge in [0, 0.05) is 48.7 Å². The number of halogens is 1. The van der Waals surface area contributed by atoms with Crippen molar-refractivity contribution >= 4 is 39.1 Å². The van der Waals surface area contributed by atoms with E-state index in [-0.39, 0.29) is 18.2 Å². The normalized spacial score (nSPS) is 20.0. The summed E-state index contributed by atoms with van der Waals surface area (Å²) in [5.74, 6) is -0.114. The minimum Gasteiger partial charge on any atom is -0.449 e. The second-order valence-electron chi connectivity index (χ2n) is 7.14. The number of amides is 2. The number of benzene rings is 2. The first-order valence-electron chi connectivity index (χ1n) is 8.70. The second kappa shape index (κ2) is 6.56. The number of anilines is 2.